The number of carbonyl (C=O) groups excluding carboxylic acids is 1. The maximum Gasteiger partial charge on any atom is 0.574 e. The third-order valence-corrected chi connectivity index (χ3v) is 1.91. The summed E-state index contributed by atoms with van der Waals surface area (Å²) in [6.07, 6.45) is -3.72. The van der Waals surface area contributed by atoms with Crippen LogP contribution in [-0.4, -0.2) is 24.7 Å². The molecular formula is C9H9F3N2O3. The van der Waals surface area contributed by atoms with Gasteiger partial charge in [0.25, 0.3) is 0 Å². The van der Waals surface area contributed by atoms with E-state index in [9.17, 15) is 18.0 Å². The Morgan fingerprint density at radius 3 is 2.59 bits per heavy atom. The molecule has 0 aliphatic rings. The summed E-state index contributed by atoms with van der Waals surface area (Å²) in [6.45, 7) is -0.173. The zero-order chi connectivity index (χ0) is 13.1. The Labute approximate surface area is 94.3 Å². The summed E-state index contributed by atoms with van der Waals surface area (Å²) in [5.41, 5.74) is 5.07. The molecule has 0 saturated carbocycles. The molecule has 0 fully saturated rings. The van der Waals surface area contributed by atoms with Crippen molar-refractivity contribution in [2.45, 2.75) is 12.9 Å². The van der Waals surface area contributed by atoms with E-state index in [4.69, 9.17) is 10.5 Å². The van der Waals surface area contributed by atoms with Crippen LogP contribution in [0.15, 0.2) is 6.20 Å². The second-order valence-electron chi connectivity index (χ2n) is 2.89. The van der Waals surface area contributed by atoms with E-state index in [1.165, 1.54) is 7.11 Å². The van der Waals surface area contributed by atoms with Crippen molar-refractivity contribution in [3.63, 3.8) is 0 Å². The quantitative estimate of drug-likeness (QED) is 0.814. The lowest BCUT2D eigenvalue weighted by Crippen LogP contribution is -2.20. The Morgan fingerprint density at radius 1 is 1.53 bits per heavy atom. The predicted molar refractivity (Wildman–Crippen MR) is 50.8 cm³/mol. The van der Waals surface area contributed by atoms with Crippen LogP contribution in [0.2, 0.25) is 0 Å². The molecule has 8 heteroatoms. The zero-order valence-electron chi connectivity index (χ0n) is 8.75. The minimum absolute atomic E-state index is 0.108. The number of hydrogen-bond donors (Lipinski definition) is 1. The van der Waals surface area contributed by atoms with Crippen LogP contribution in [0, 0.1) is 0 Å². The molecule has 1 rings (SSSR count). The molecule has 0 amide bonds. The van der Waals surface area contributed by atoms with E-state index >= 15 is 0 Å². The first kappa shape index (κ1) is 13.2. The van der Waals surface area contributed by atoms with Crippen LogP contribution in [0.3, 0.4) is 0 Å². The van der Waals surface area contributed by atoms with E-state index in [0.717, 1.165) is 6.20 Å². The summed E-state index contributed by atoms with van der Waals surface area (Å²) in [6, 6.07) is 0. The number of rotatable bonds is 4. The monoisotopic (exact) mass is 250 g/mol. The van der Waals surface area contributed by atoms with Crippen LogP contribution in [0.4, 0.5) is 13.2 Å². The van der Waals surface area contributed by atoms with Crippen LogP contribution < -0.4 is 15.2 Å². The number of nitrogens with two attached hydrogens (primary N) is 1. The molecule has 0 aliphatic heterocycles. The molecule has 2 N–H and O–H groups in total. The minimum Gasteiger partial charge on any atom is -0.495 e. The van der Waals surface area contributed by atoms with Gasteiger partial charge in [-0.3, -0.25) is 4.79 Å². The first-order valence-electron chi connectivity index (χ1n) is 4.39. The lowest BCUT2D eigenvalue weighted by atomic mass is 10.1. The number of hydrogen-bond acceptors (Lipinski definition) is 5. The molecule has 0 aliphatic carbocycles. The van der Waals surface area contributed by atoms with Crippen LogP contribution in [0.25, 0.3) is 0 Å². The molecule has 0 atom stereocenters. The molecule has 17 heavy (non-hydrogen) atoms. The number of ether oxygens (including phenoxy) is 2. The van der Waals surface area contributed by atoms with Crippen molar-refractivity contribution >= 4 is 6.29 Å². The average molecular weight is 250 g/mol. The highest BCUT2D eigenvalue weighted by atomic mass is 19.4. The summed E-state index contributed by atoms with van der Waals surface area (Å²) < 4.78 is 44.5. The molecule has 0 bridgehead atoms. The standard InChI is InChI=1S/C9H9F3N2O3/c1-16-7-3-14-8(17-9(10,11)12)6(4-15)5(7)2-13/h3-4H,2,13H2,1H3. The molecule has 0 spiro atoms. The molecule has 1 aromatic rings. The molecule has 1 aromatic heterocycles. The van der Waals surface area contributed by atoms with Crippen molar-refractivity contribution in [1.29, 1.82) is 0 Å². The van der Waals surface area contributed by atoms with Gasteiger partial charge in [-0.15, -0.1) is 13.2 Å². The van der Waals surface area contributed by atoms with Gasteiger partial charge in [0.05, 0.1) is 18.9 Å². The molecule has 0 unspecified atom stereocenters. The van der Waals surface area contributed by atoms with Gasteiger partial charge >= 0.3 is 6.36 Å². The van der Waals surface area contributed by atoms with Crippen molar-refractivity contribution in [3.8, 4) is 11.6 Å². The molecule has 1 heterocycles. The third kappa shape index (κ3) is 3.06. The van der Waals surface area contributed by atoms with Gasteiger partial charge in [-0.25, -0.2) is 4.98 Å². The topological polar surface area (TPSA) is 74.4 Å². The highest BCUT2D eigenvalue weighted by molar-refractivity contribution is 5.81. The highest BCUT2D eigenvalue weighted by Gasteiger charge is 2.33. The second-order valence-corrected chi connectivity index (χ2v) is 2.89. The van der Waals surface area contributed by atoms with Crippen LogP contribution in [-0.2, 0) is 6.54 Å². The van der Waals surface area contributed by atoms with E-state index in [1.807, 2.05) is 0 Å². The number of aldehydes is 1. The van der Waals surface area contributed by atoms with Crippen molar-refractivity contribution in [3.05, 3.63) is 17.3 Å². The number of pyridine rings is 1. The number of carbonyl (C=O) groups is 1. The SMILES string of the molecule is COc1cnc(OC(F)(F)F)c(C=O)c1CN. The summed E-state index contributed by atoms with van der Waals surface area (Å²) in [5, 5.41) is 0. The van der Waals surface area contributed by atoms with Gasteiger partial charge in [0.15, 0.2) is 6.29 Å². The Hall–Kier alpha value is -1.83. The number of aromatic nitrogens is 1. The van der Waals surface area contributed by atoms with Crippen LogP contribution >= 0.6 is 0 Å². The predicted octanol–water partition coefficient (Wildman–Crippen LogP) is 1.26. The van der Waals surface area contributed by atoms with E-state index in [1.54, 1.807) is 0 Å². The third-order valence-electron chi connectivity index (χ3n) is 1.91. The Bertz CT molecular complexity index is 421. The van der Waals surface area contributed by atoms with Gasteiger partial charge in [0, 0.05) is 12.1 Å². The molecular weight excluding hydrogens is 241 g/mol. The highest BCUT2D eigenvalue weighted by Crippen LogP contribution is 2.29. The Kier molecular flexibility index (Phi) is 3.89. The van der Waals surface area contributed by atoms with Crippen molar-refractivity contribution in [1.82, 2.24) is 4.98 Å². The summed E-state index contributed by atoms with van der Waals surface area (Å²) >= 11 is 0. The maximum absolute atomic E-state index is 12.0. The van der Waals surface area contributed by atoms with E-state index < -0.39 is 12.2 Å². The minimum atomic E-state index is -4.93. The van der Waals surface area contributed by atoms with Gasteiger partial charge in [-0.1, -0.05) is 0 Å². The maximum atomic E-state index is 12.0. The van der Waals surface area contributed by atoms with E-state index in [0.29, 0.717) is 0 Å². The number of nitrogens with zero attached hydrogens (tertiary/aromatic N) is 1. The smallest absolute Gasteiger partial charge is 0.495 e. The fraction of sp³-hybridized carbons (Fsp3) is 0.333. The molecule has 0 saturated heterocycles. The molecule has 0 aromatic carbocycles. The van der Waals surface area contributed by atoms with Crippen molar-refractivity contribution in [2.24, 2.45) is 5.73 Å². The van der Waals surface area contributed by atoms with Crippen LogP contribution in [0.5, 0.6) is 11.6 Å². The molecule has 0 radical (unpaired) electrons. The first-order chi connectivity index (χ1) is 7.92. The zero-order valence-corrected chi connectivity index (χ0v) is 8.75. The normalized spacial score (nSPS) is 11.1. The van der Waals surface area contributed by atoms with Crippen LogP contribution in [0.1, 0.15) is 15.9 Å². The largest absolute Gasteiger partial charge is 0.574 e. The second kappa shape index (κ2) is 5.00. The Balaban J connectivity index is 3.28. The average Bonchev–Trinajstić information content (AvgIpc) is 2.26. The van der Waals surface area contributed by atoms with Gasteiger partial charge < -0.3 is 15.2 Å². The van der Waals surface area contributed by atoms with Gasteiger partial charge in [0.2, 0.25) is 5.88 Å². The van der Waals surface area contributed by atoms with Gasteiger partial charge in [-0.2, -0.15) is 0 Å². The number of alkyl halides is 3. The van der Waals surface area contributed by atoms with E-state index in [-0.39, 0.29) is 29.7 Å². The van der Waals surface area contributed by atoms with Gasteiger partial charge in [-0.05, 0) is 0 Å². The van der Waals surface area contributed by atoms with E-state index in [2.05, 4.69) is 9.72 Å². The molecule has 94 valence electrons. The number of methoxy groups -OCH3 is 1. The number of halogens is 3. The lowest BCUT2D eigenvalue weighted by molar-refractivity contribution is -0.276. The summed E-state index contributed by atoms with van der Waals surface area (Å²) in [5.74, 6) is -0.710. The van der Waals surface area contributed by atoms with Crippen molar-refractivity contribution in [2.75, 3.05) is 7.11 Å². The fourth-order valence-electron chi connectivity index (χ4n) is 1.23. The summed E-state index contributed by atoms with van der Waals surface area (Å²) in [7, 11) is 1.29. The fourth-order valence-corrected chi connectivity index (χ4v) is 1.23. The first-order valence-corrected chi connectivity index (χ1v) is 4.39. The van der Waals surface area contributed by atoms with Crippen molar-refractivity contribution < 1.29 is 27.4 Å². The summed E-state index contributed by atoms with van der Waals surface area (Å²) in [4.78, 5) is 14.1. The molecule has 5 nitrogen and oxygen atoms in total. The Morgan fingerprint density at radius 2 is 2.18 bits per heavy atom. The lowest BCUT2D eigenvalue weighted by Gasteiger charge is -2.13. The van der Waals surface area contributed by atoms with Gasteiger partial charge in [0.1, 0.15) is 5.75 Å².